The van der Waals surface area contributed by atoms with Gasteiger partial charge in [-0.05, 0) is 37.9 Å². The third-order valence-electron chi connectivity index (χ3n) is 3.85. The molecule has 0 fully saturated rings. The number of amides is 1. The van der Waals surface area contributed by atoms with Crippen LogP contribution in [0.15, 0.2) is 60.9 Å². The summed E-state index contributed by atoms with van der Waals surface area (Å²) in [5.74, 6) is -0.177. The summed E-state index contributed by atoms with van der Waals surface area (Å²) in [6.07, 6.45) is 3.40. The second-order valence-electron chi connectivity index (χ2n) is 6.10. The number of aromatic amines is 1. The Bertz CT molecular complexity index is 814. The zero-order chi connectivity index (χ0) is 17.6. The summed E-state index contributed by atoms with van der Waals surface area (Å²) in [5, 5.41) is 10.1. The molecule has 2 aromatic heterocycles. The third-order valence-corrected chi connectivity index (χ3v) is 3.85. The van der Waals surface area contributed by atoms with E-state index >= 15 is 0 Å². The minimum atomic E-state index is -0.177. The molecule has 0 bridgehead atoms. The first-order valence-corrected chi connectivity index (χ1v) is 8.10. The van der Waals surface area contributed by atoms with Crippen LogP contribution in [-0.4, -0.2) is 46.6 Å². The predicted molar refractivity (Wildman–Crippen MR) is 97.0 cm³/mol. The molecule has 6 nitrogen and oxygen atoms in total. The van der Waals surface area contributed by atoms with Crippen LogP contribution in [0.3, 0.4) is 0 Å². The van der Waals surface area contributed by atoms with Gasteiger partial charge in [-0.25, -0.2) is 0 Å². The van der Waals surface area contributed by atoms with Gasteiger partial charge in [0.05, 0.1) is 11.7 Å². The smallest absolute Gasteiger partial charge is 0.269 e. The number of pyridine rings is 1. The van der Waals surface area contributed by atoms with Crippen molar-refractivity contribution >= 4 is 5.91 Å². The number of rotatable bonds is 6. The molecule has 0 aliphatic rings. The molecule has 0 saturated heterocycles. The van der Waals surface area contributed by atoms with E-state index in [1.807, 2.05) is 61.5 Å². The molecule has 25 heavy (non-hydrogen) atoms. The minimum absolute atomic E-state index is 0.101. The quantitative estimate of drug-likeness (QED) is 0.726. The molecule has 0 aliphatic heterocycles. The number of nitrogens with one attached hydrogen (secondary N) is 2. The molecule has 0 spiro atoms. The van der Waals surface area contributed by atoms with Crippen LogP contribution in [0.5, 0.6) is 0 Å². The van der Waals surface area contributed by atoms with Gasteiger partial charge < -0.3 is 10.2 Å². The lowest BCUT2D eigenvalue weighted by Crippen LogP contribution is -2.35. The molecule has 6 heteroatoms. The van der Waals surface area contributed by atoms with Crippen molar-refractivity contribution in [2.24, 2.45) is 0 Å². The Morgan fingerprint density at radius 1 is 1.16 bits per heavy atom. The topological polar surface area (TPSA) is 73.9 Å². The van der Waals surface area contributed by atoms with Crippen molar-refractivity contribution in [2.75, 3.05) is 20.6 Å². The monoisotopic (exact) mass is 335 g/mol. The predicted octanol–water partition coefficient (Wildman–Crippen LogP) is 2.50. The van der Waals surface area contributed by atoms with Gasteiger partial charge in [-0.1, -0.05) is 30.3 Å². The van der Waals surface area contributed by atoms with Crippen LogP contribution < -0.4 is 5.32 Å². The maximum atomic E-state index is 12.6. The summed E-state index contributed by atoms with van der Waals surface area (Å²) in [4.78, 5) is 18.7. The van der Waals surface area contributed by atoms with E-state index in [0.29, 0.717) is 12.2 Å². The maximum absolute atomic E-state index is 12.6. The van der Waals surface area contributed by atoms with Gasteiger partial charge in [0.1, 0.15) is 5.69 Å². The Morgan fingerprint density at radius 3 is 2.56 bits per heavy atom. The largest absolute Gasteiger partial charge is 0.343 e. The van der Waals surface area contributed by atoms with Crippen LogP contribution in [0.25, 0.3) is 11.3 Å². The van der Waals surface area contributed by atoms with E-state index in [4.69, 9.17) is 0 Å². The first kappa shape index (κ1) is 16.9. The number of aromatic nitrogens is 3. The standard InChI is InChI=1S/C19H21N5O/c1-24(2)13-18(14-6-4-3-5-7-14)21-19(25)17-12-16(22-23-17)15-8-10-20-11-9-15/h3-12,18H,13H2,1-2H3,(H,21,25)(H,22,23). The van der Waals surface area contributed by atoms with Crippen molar-refractivity contribution in [3.05, 3.63) is 72.2 Å². The van der Waals surface area contributed by atoms with E-state index < -0.39 is 0 Å². The van der Waals surface area contributed by atoms with Crippen molar-refractivity contribution in [1.82, 2.24) is 25.4 Å². The molecule has 2 N–H and O–H groups in total. The maximum Gasteiger partial charge on any atom is 0.269 e. The summed E-state index contributed by atoms with van der Waals surface area (Å²) < 4.78 is 0. The van der Waals surface area contributed by atoms with Crippen molar-refractivity contribution in [1.29, 1.82) is 0 Å². The van der Waals surface area contributed by atoms with Gasteiger partial charge in [0.2, 0.25) is 0 Å². The van der Waals surface area contributed by atoms with Crippen LogP contribution in [0.2, 0.25) is 0 Å². The Hall–Kier alpha value is -2.99. The Balaban J connectivity index is 1.77. The van der Waals surface area contributed by atoms with Gasteiger partial charge in [0.25, 0.3) is 5.91 Å². The SMILES string of the molecule is CN(C)CC(NC(=O)c1cc(-c2ccncc2)n[nH]1)c1ccccc1. The lowest BCUT2D eigenvalue weighted by Gasteiger charge is -2.22. The van der Waals surface area contributed by atoms with Crippen LogP contribution in [0, 0.1) is 0 Å². The fourth-order valence-electron chi connectivity index (χ4n) is 2.63. The second kappa shape index (κ2) is 7.72. The Morgan fingerprint density at radius 2 is 1.88 bits per heavy atom. The molecule has 128 valence electrons. The van der Waals surface area contributed by atoms with Gasteiger partial charge in [0, 0.05) is 24.5 Å². The molecule has 2 heterocycles. The molecule has 1 unspecified atom stereocenters. The first-order chi connectivity index (χ1) is 12.1. The molecular weight excluding hydrogens is 314 g/mol. The number of benzene rings is 1. The summed E-state index contributed by atoms with van der Waals surface area (Å²) in [6.45, 7) is 0.709. The van der Waals surface area contributed by atoms with Crippen LogP contribution in [-0.2, 0) is 0 Å². The van der Waals surface area contributed by atoms with Gasteiger partial charge in [-0.15, -0.1) is 0 Å². The highest BCUT2D eigenvalue weighted by molar-refractivity contribution is 5.93. The van der Waals surface area contributed by atoms with E-state index in [1.54, 1.807) is 18.5 Å². The zero-order valence-corrected chi connectivity index (χ0v) is 14.3. The third kappa shape index (κ3) is 4.30. The average Bonchev–Trinajstić information content (AvgIpc) is 3.12. The first-order valence-electron chi connectivity index (χ1n) is 8.10. The summed E-state index contributed by atoms with van der Waals surface area (Å²) >= 11 is 0. The number of H-pyrrole nitrogens is 1. The molecule has 1 atom stereocenters. The van der Waals surface area contributed by atoms with Gasteiger partial charge in [-0.3, -0.25) is 14.9 Å². The van der Waals surface area contributed by atoms with Crippen molar-refractivity contribution in [3.63, 3.8) is 0 Å². The van der Waals surface area contributed by atoms with Gasteiger partial charge >= 0.3 is 0 Å². The van der Waals surface area contributed by atoms with Crippen LogP contribution in [0.4, 0.5) is 0 Å². The zero-order valence-electron chi connectivity index (χ0n) is 14.3. The van der Waals surface area contributed by atoms with Crippen LogP contribution in [0.1, 0.15) is 22.1 Å². The number of hydrogen-bond acceptors (Lipinski definition) is 4. The normalized spacial score (nSPS) is 12.1. The summed E-state index contributed by atoms with van der Waals surface area (Å²) in [7, 11) is 3.97. The highest BCUT2D eigenvalue weighted by Gasteiger charge is 2.18. The lowest BCUT2D eigenvalue weighted by atomic mass is 10.1. The fraction of sp³-hybridized carbons (Fsp3) is 0.211. The molecule has 0 aliphatic carbocycles. The molecule has 1 aromatic carbocycles. The molecular formula is C19H21N5O. The number of hydrogen-bond donors (Lipinski definition) is 2. The average molecular weight is 335 g/mol. The van der Waals surface area contributed by atoms with E-state index in [2.05, 4.69) is 20.5 Å². The lowest BCUT2D eigenvalue weighted by molar-refractivity contribution is 0.0925. The fourth-order valence-corrected chi connectivity index (χ4v) is 2.63. The van der Waals surface area contributed by atoms with E-state index in [0.717, 1.165) is 16.8 Å². The number of likely N-dealkylation sites (N-methyl/N-ethyl adjacent to an activating group) is 1. The molecule has 3 aromatic rings. The molecule has 3 rings (SSSR count). The van der Waals surface area contributed by atoms with Crippen molar-refractivity contribution in [2.45, 2.75) is 6.04 Å². The molecule has 1 amide bonds. The van der Waals surface area contributed by atoms with Gasteiger partial charge in [-0.2, -0.15) is 5.10 Å². The van der Waals surface area contributed by atoms with E-state index in [-0.39, 0.29) is 11.9 Å². The number of carbonyl (C=O) groups excluding carboxylic acids is 1. The van der Waals surface area contributed by atoms with Crippen LogP contribution >= 0.6 is 0 Å². The number of nitrogens with zero attached hydrogens (tertiary/aromatic N) is 3. The second-order valence-corrected chi connectivity index (χ2v) is 6.10. The number of carbonyl (C=O) groups is 1. The van der Waals surface area contributed by atoms with E-state index in [1.165, 1.54) is 0 Å². The Labute approximate surface area is 146 Å². The minimum Gasteiger partial charge on any atom is -0.343 e. The van der Waals surface area contributed by atoms with Crippen molar-refractivity contribution < 1.29 is 4.79 Å². The Kier molecular flexibility index (Phi) is 5.20. The van der Waals surface area contributed by atoms with Gasteiger partial charge in [0.15, 0.2) is 0 Å². The summed E-state index contributed by atoms with van der Waals surface area (Å²) in [6, 6.07) is 15.3. The van der Waals surface area contributed by atoms with Crippen molar-refractivity contribution in [3.8, 4) is 11.3 Å². The highest BCUT2D eigenvalue weighted by atomic mass is 16.2. The van der Waals surface area contributed by atoms with E-state index in [9.17, 15) is 4.79 Å². The molecule has 0 saturated carbocycles. The highest BCUT2D eigenvalue weighted by Crippen LogP contribution is 2.18. The summed E-state index contributed by atoms with van der Waals surface area (Å²) in [5.41, 5.74) is 3.14. The molecule has 0 radical (unpaired) electrons.